The number of nitrogens with one attached hydrogen (secondary N) is 1. The van der Waals surface area contributed by atoms with Gasteiger partial charge in [-0.3, -0.25) is 4.79 Å². The maximum absolute atomic E-state index is 11.7. The number of hydrogen-bond acceptors (Lipinski definition) is 3. The van der Waals surface area contributed by atoms with Crippen LogP contribution in [0, 0.1) is 18.8 Å². The number of carboxylic acids is 1. The molecule has 20 heavy (non-hydrogen) atoms. The zero-order valence-electron chi connectivity index (χ0n) is 12.2. The quantitative estimate of drug-likeness (QED) is 0.613. The molecule has 5 heteroatoms. The van der Waals surface area contributed by atoms with Gasteiger partial charge in [0, 0.05) is 24.3 Å². The molecule has 1 aromatic carbocycles. The molecule has 0 saturated heterocycles. The van der Waals surface area contributed by atoms with Crippen molar-refractivity contribution in [3.8, 4) is 0 Å². The Morgan fingerprint density at radius 3 is 2.40 bits per heavy atom. The number of amides is 1. The monoisotopic (exact) mass is 283 g/mol. The Hall–Kier alpha value is -0.840. The number of rotatable bonds is 5. The third kappa shape index (κ3) is 4.33. The molecule has 0 aromatic heterocycles. The summed E-state index contributed by atoms with van der Waals surface area (Å²) in [5.41, 5.74) is 2.37. The van der Waals surface area contributed by atoms with Crippen LogP contribution in [0.15, 0.2) is 24.3 Å². The number of benzene rings is 1. The van der Waals surface area contributed by atoms with Crippen LogP contribution in [0.5, 0.6) is 0 Å². The van der Waals surface area contributed by atoms with Gasteiger partial charge in [0.25, 0.3) is 0 Å². The number of hydrogen-bond donors (Lipinski definition) is 1. The summed E-state index contributed by atoms with van der Waals surface area (Å²) in [6, 6.07) is 8.18. The summed E-state index contributed by atoms with van der Waals surface area (Å²) >= 11 is 0. The number of aliphatic carboxylic acids is 1. The van der Waals surface area contributed by atoms with E-state index < -0.39 is 17.8 Å². The first-order chi connectivity index (χ1) is 8.99. The standard InChI is InChI=1S/C15H19NO3.Na/c1-9-3-5-11(6-4-9)10(2)8-16-14(17)12-7-13(12)15(18)19;/h3-6,10,12-13H,7-8H2,1-2H3,(H,16,17)(H,18,19);/q;+1/p-1/t10?,12-,13+;/m1./s1. The molecule has 2 rings (SSSR count). The molecule has 0 spiro atoms. The van der Waals surface area contributed by atoms with E-state index in [0.717, 1.165) is 5.56 Å². The third-order valence-electron chi connectivity index (χ3n) is 3.66. The number of carbonyl (C=O) groups is 2. The van der Waals surface area contributed by atoms with Crippen LogP contribution in [-0.2, 0) is 9.59 Å². The van der Waals surface area contributed by atoms with E-state index >= 15 is 0 Å². The Morgan fingerprint density at radius 1 is 1.30 bits per heavy atom. The van der Waals surface area contributed by atoms with Gasteiger partial charge in [-0.05, 0) is 24.8 Å². The van der Waals surface area contributed by atoms with Crippen LogP contribution < -0.4 is 40.0 Å². The van der Waals surface area contributed by atoms with E-state index in [1.165, 1.54) is 5.56 Å². The molecule has 0 heterocycles. The molecule has 3 atom stereocenters. The second-order valence-electron chi connectivity index (χ2n) is 5.32. The van der Waals surface area contributed by atoms with Crippen molar-refractivity contribution in [1.82, 2.24) is 5.32 Å². The third-order valence-corrected chi connectivity index (χ3v) is 3.66. The Bertz CT molecular complexity index is 486. The van der Waals surface area contributed by atoms with E-state index in [-0.39, 0.29) is 41.4 Å². The van der Waals surface area contributed by atoms with Crippen molar-refractivity contribution in [2.45, 2.75) is 26.2 Å². The van der Waals surface area contributed by atoms with Gasteiger partial charge < -0.3 is 15.2 Å². The molecule has 0 aliphatic heterocycles. The van der Waals surface area contributed by atoms with Gasteiger partial charge in [0.05, 0.1) is 0 Å². The van der Waals surface area contributed by atoms with Crippen molar-refractivity contribution in [2.24, 2.45) is 11.8 Å². The van der Waals surface area contributed by atoms with Gasteiger partial charge in [-0.2, -0.15) is 0 Å². The molecule has 1 N–H and O–H groups in total. The van der Waals surface area contributed by atoms with Crippen molar-refractivity contribution in [1.29, 1.82) is 0 Å². The molecule has 0 bridgehead atoms. The summed E-state index contributed by atoms with van der Waals surface area (Å²) in [7, 11) is 0. The van der Waals surface area contributed by atoms with E-state index in [1.54, 1.807) is 0 Å². The van der Waals surface area contributed by atoms with Crippen molar-refractivity contribution in [3.05, 3.63) is 35.4 Å². The smallest absolute Gasteiger partial charge is 0.550 e. The molecule has 0 radical (unpaired) electrons. The molecular weight excluding hydrogens is 265 g/mol. The van der Waals surface area contributed by atoms with Crippen molar-refractivity contribution < 1.29 is 44.3 Å². The molecule has 1 aromatic rings. The maximum atomic E-state index is 11.7. The average Bonchev–Trinajstić information content (AvgIpc) is 3.16. The predicted molar refractivity (Wildman–Crippen MR) is 69.2 cm³/mol. The maximum Gasteiger partial charge on any atom is 1.00 e. The SMILES string of the molecule is Cc1ccc(C(C)CNC(=O)[C@@H]2C[C@@H]2C(=O)[O-])cc1.[Na+]. The van der Waals surface area contributed by atoms with Gasteiger partial charge in [-0.25, -0.2) is 0 Å². The normalized spacial score (nSPS) is 21.5. The molecule has 1 unspecified atom stereocenters. The van der Waals surface area contributed by atoms with E-state index in [1.807, 2.05) is 38.1 Å². The minimum absolute atomic E-state index is 0. The summed E-state index contributed by atoms with van der Waals surface area (Å²) in [5, 5.41) is 13.4. The fourth-order valence-electron chi connectivity index (χ4n) is 2.14. The van der Waals surface area contributed by atoms with Crippen LogP contribution in [0.25, 0.3) is 0 Å². The van der Waals surface area contributed by atoms with Crippen molar-refractivity contribution in [2.75, 3.05) is 6.54 Å². The zero-order valence-corrected chi connectivity index (χ0v) is 14.2. The summed E-state index contributed by atoms with van der Waals surface area (Å²) in [6.45, 7) is 4.59. The summed E-state index contributed by atoms with van der Waals surface area (Å²) in [5.74, 6) is -2.06. The molecule has 1 saturated carbocycles. The van der Waals surface area contributed by atoms with E-state index in [9.17, 15) is 14.7 Å². The van der Waals surface area contributed by atoms with Gasteiger partial charge in [0.1, 0.15) is 0 Å². The first-order valence-electron chi connectivity index (χ1n) is 6.54. The molecular formula is C15H18NNaO3. The van der Waals surface area contributed by atoms with Gasteiger partial charge in [-0.15, -0.1) is 0 Å². The molecule has 1 aliphatic rings. The zero-order chi connectivity index (χ0) is 14.0. The summed E-state index contributed by atoms with van der Waals surface area (Å²) < 4.78 is 0. The molecule has 102 valence electrons. The first-order valence-corrected chi connectivity index (χ1v) is 6.54. The van der Waals surface area contributed by atoms with Crippen LogP contribution in [0.3, 0.4) is 0 Å². The largest absolute Gasteiger partial charge is 1.00 e. The predicted octanol–water partition coefficient (Wildman–Crippen LogP) is -2.40. The fourth-order valence-corrected chi connectivity index (χ4v) is 2.14. The van der Waals surface area contributed by atoms with Crippen LogP contribution in [-0.4, -0.2) is 18.4 Å². The minimum atomic E-state index is -1.12. The number of aryl methyl sites for hydroxylation is 1. The fraction of sp³-hybridized carbons (Fsp3) is 0.467. The minimum Gasteiger partial charge on any atom is -0.550 e. The Morgan fingerprint density at radius 2 is 1.90 bits per heavy atom. The first kappa shape index (κ1) is 17.2. The van der Waals surface area contributed by atoms with Crippen molar-refractivity contribution >= 4 is 11.9 Å². The Balaban J connectivity index is 0.00000200. The number of carboxylic acid groups (broad SMARTS) is 1. The van der Waals surface area contributed by atoms with E-state index in [0.29, 0.717) is 13.0 Å². The molecule has 4 nitrogen and oxygen atoms in total. The van der Waals surface area contributed by atoms with E-state index in [2.05, 4.69) is 5.32 Å². The van der Waals surface area contributed by atoms with Gasteiger partial charge in [-0.1, -0.05) is 36.8 Å². The Kier molecular flexibility index (Phi) is 6.24. The van der Waals surface area contributed by atoms with Gasteiger partial charge in [0.2, 0.25) is 5.91 Å². The van der Waals surface area contributed by atoms with Gasteiger partial charge in [0.15, 0.2) is 0 Å². The van der Waals surface area contributed by atoms with E-state index in [4.69, 9.17) is 0 Å². The molecule has 1 aliphatic carbocycles. The van der Waals surface area contributed by atoms with Crippen LogP contribution in [0.4, 0.5) is 0 Å². The average molecular weight is 283 g/mol. The second-order valence-corrected chi connectivity index (χ2v) is 5.32. The molecule has 1 fully saturated rings. The van der Waals surface area contributed by atoms with Crippen LogP contribution in [0.2, 0.25) is 0 Å². The summed E-state index contributed by atoms with van der Waals surface area (Å²) in [4.78, 5) is 22.3. The van der Waals surface area contributed by atoms with Crippen LogP contribution >= 0.6 is 0 Å². The topological polar surface area (TPSA) is 69.2 Å². The molecule has 1 amide bonds. The second kappa shape index (κ2) is 7.25. The number of carbonyl (C=O) groups excluding carboxylic acids is 2. The van der Waals surface area contributed by atoms with Gasteiger partial charge >= 0.3 is 29.6 Å². The van der Waals surface area contributed by atoms with Crippen molar-refractivity contribution in [3.63, 3.8) is 0 Å². The summed E-state index contributed by atoms with van der Waals surface area (Å²) in [6.07, 6.45) is 0.410. The Labute approximate surface area is 141 Å². The van der Waals surface area contributed by atoms with Crippen LogP contribution in [0.1, 0.15) is 30.4 Å².